The number of nitrogens with one attached hydrogen (secondary N) is 1. The SMILES string of the molecule is CCc1ccccc1N1C(=O)NC(=O)/C(=C/c2c(OCc3ccccc3)ccc3ccccc23)C1=O. The quantitative estimate of drug-likeness (QED) is 0.288. The summed E-state index contributed by atoms with van der Waals surface area (Å²) >= 11 is 0. The van der Waals surface area contributed by atoms with E-state index < -0.39 is 17.8 Å². The molecule has 4 amide bonds. The number of hydrogen-bond acceptors (Lipinski definition) is 4. The van der Waals surface area contributed by atoms with Crippen molar-refractivity contribution in [3.8, 4) is 5.75 Å². The summed E-state index contributed by atoms with van der Waals surface area (Å²) in [5.41, 5.74) is 2.73. The van der Waals surface area contributed by atoms with Gasteiger partial charge < -0.3 is 4.74 Å². The van der Waals surface area contributed by atoms with Gasteiger partial charge in [0.15, 0.2) is 0 Å². The van der Waals surface area contributed by atoms with Crippen molar-refractivity contribution in [3.63, 3.8) is 0 Å². The number of barbiturate groups is 1. The van der Waals surface area contributed by atoms with Gasteiger partial charge in [0.2, 0.25) is 0 Å². The number of fused-ring (bicyclic) bond motifs is 1. The van der Waals surface area contributed by atoms with Crippen molar-refractivity contribution >= 4 is 40.4 Å². The minimum atomic E-state index is -0.762. The van der Waals surface area contributed by atoms with Crippen LogP contribution in [0.1, 0.15) is 23.6 Å². The molecule has 6 nitrogen and oxygen atoms in total. The molecule has 1 N–H and O–H groups in total. The Balaban J connectivity index is 1.60. The van der Waals surface area contributed by atoms with E-state index in [1.807, 2.05) is 85.8 Å². The highest BCUT2D eigenvalue weighted by Gasteiger charge is 2.37. The van der Waals surface area contributed by atoms with Gasteiger partial charge in [0.05, 0.1) is 5.69 Å². The average molecular weight is 477 g/mol. The van der Waals surface area contributed by atoms with Crippen LogP contribution in [-0.4, -0.2) is 17.8 Å². The maximum Gasteiger partial charge on any atom is 0.335 e. The van der Waals surface area contributed by atoms with Crippen molar-refractivity contribution in [1.82, 2.24) is 5.32 Å². The Bertz CT molecular complexity index is 1510. The number of benzene rings is 4. The van der Waals surface area contributed by atoms with Gasteiger partial charge in [-0.25, -0.2) is 9.69 Å². The van der Waals surface area contributed by atoms with E-state index >= 15 is 0 Å². The summed E-state index contributed by atoms with van der Waals surface area (Å²) in [6, 6.07) is 27.6. The largest absolute Gasteiger partial charge is 0.488 e. The van der Waals surface area contributed by atoms with Crippen LogP contribution in [0.15, 0.2) is 96.6 Å². The molecule has 1 fully saturated rings. The molecule has 1 aliphatic heterocycles. The van der Waals surface area contributed by atoms with Gasteiger partial charge in [-0.2, -0.15) is 0 Å². The topological polar surface area (TPSA) is 75.7 Å². The monoisotopic (exact) mass is 476 g/mol. The van der Waals surface area contributed by atoms with Crippen LogP contribution in [-0.2, 0) is 22.6 Å². The Labute approximate surface area is 208 Å². The Morgan fingerprint density at radius 2 is 1.56 bits per heavy atom. The first-order valence-electron chi connectivity index (χ1n) is 11.7. The number of para-hydroxylation sites is 1. The van der Waals surface area contributed by atoms with Crippen LogP contribution in [0.3, 0.4) is 0 Å². The first-order valence-corrected chi connectivity index (χ1v) is 11.7. The number of imide groups is 2. The molecule has 4 aromatic rings. The van der Waals surface area contributed by atoms with Gasteiger partial charge in [-0.1, -0.05) is 85.8 Å². The molecule has 0 spiro atoms. The highest BCUT2D eigenvalue weighted by molar-refractivity contribution is 6.39. The summed E-state index contributed by atoms with van der Waals surface area (Å²) < 4.78 is 6.14. The number of nitrogens with zero attached hydrogens (tertiary/aromatic N) is 1. The molecule has 0 saturated carbocycles. The van der Waals surface area contributed by atoms with Crippen molar-refractivity contribution in [2.24, 2.45) is 0 Å². The van der Waals surface area contributed by atoms with Gasteiger partial charge in [-0.15, -0.1) is 0 Å². The predicted molar refractivity (Wildman–Crippen MR) is 140 cm³/mol. The van der Waals surface area contributed by atoms with E-state index in [0.717, 1.165) is 26.8 Å². The number of anilines is 1. The maximum absolute atomic E-state index is 13.6. The van der Waals surface area contributed by atoms with E-state index in [1.54, 1.807) is 12.1 Å². The molecule has 1 aliphatic rings. The van der Waals surface area contributed by atoms with Crippen LogP contribution in [0, 0.1) is 0 Å². The number of carbonyl (C=O) groups is 3. The first-order chi connectivity index (χ1) is 17.6. The summed E-state index contributed by atoms with van der Waals surface area (Å²) in [7, 11) is 0. The standard InChI is InChI=1S/C30H24N2O4/c1-2-21-12-7-9-15-26(21)32-29(34)25(28(33)31-30(32)35)18-24-23-14-8-6-13-22(23)16-17-27(24)36-19-20-10-4-3-5-11-20/h3-18H,2,19H2,1H3,(H,31,33,35)/b25-18-. The minimum absolute atomic E-state index is 0.138. The van der Waals surface area contributed by atoms with Gasteiger partial charge in [-0.05, 0) is 46.5 Å². The van der Waals surface area contributed by atoms with E-state index in [1.165, 1.54) is 6.08 Å². The third kappa shape index (κ3) is 4.36. The number of ether oxygens (including phenoxy) is 1. The van der Waals surface area contributed by atoms with Crippen molar-refractivity contribution in [2.45, 2.75) is 20.0 Å². The van der Waals surface area contributed by atoms with E-state index in [0.29, 0.717) is 30.0 Å². The van der Waals surface area contributed by atoms with Crippen LogP contribution in [0.4, 0.5) is 10.5 Å². The highest BCUT2D eigenvalue weighted by Crippen LogP contribution is 2.33. The second-order valence-electron chi connectivity index (χ2n) is 8.41. The average Bonchev–Trinajstić information content (AvgIpc) is 2.91. The molecular formula is C30H24N2O4. The molecule has 0 unspecified atom stereocenters. The summed E-state index contributed by atoms with van der Waals surface area (Å²) in [5.74, 6) is -0.883. The molecule has 4 aromatic carbocycles. The molecular weight excluding hydrogens is 452 g/mol. The van der Waals surface area contributed by atoms with Gasteiger partial charge in [0.1, 0.15) is 17.9 Å². The van der Waals surface area contributed by atoms with E-state index in [-0.39, 0.29) is 5.57 Å². The fourth-order valence-corrected chi connectivity index (χ4v) is 4.33. The molecule has 36 heavy (non-hydrogen) atoms. The van der Waals surface area contributed by atoms with Crippen LogP contribution >= 0.6 is 0 Å². The smallest absolute Gasteiger partial charge is 0.335 e. The summed E-state index contributed by atoms with van der Waals surface area (Å²) in [6.07, 6.45) is 2.15. The van der Waals surface area contributed by atoms with Gasteiger partial charge in [-0.3, -0.25) is 14.9 Å². The molecule has 5 rings (SSSR count). The zero-order chi connectivity index (χ0) is 25.1. The number of rotatable bonds is 6. The number of hydrogen-bond donors (Lipinski definition) is 1. The van der Waals surface area contributed by atoms with Crippen LogP contribution in [0.2, 0.25) is 0 Å². The van der Waals surface area contributed by atoms with Crippen LogP contribution in [0.25, 0.3) is 16.8 Å². The van der Waals surface area contributed by atoms with Gasteiger partial charge >= 0.3 is 6.03 Å². The molecule has 0 radical (unpaired) electrons. The van der Waals surface area contributed by atoms with E-state index in [2.05, 4.69) is 5.32 Å². The highest BCUT2D eigenvalue weighted by atomic mass is 16.5. The number of carbonyl (C=O) groups excluding carboxylic acids is 3. The fourth-order valence-electron chi connectivity index (χ4n) is 4.33. The van der Waals surface area contributed by atoms with Crippen molar-refractivity contribution in [2.75, 3.05) is 4.90 Å². The molecule has 1 heterocycles. The molecule has 0 aliphatic carbocycles. The Hall–Kier alpha value is -4.71. The lowest BCUT2D eigenvalue weighted by Crippen LogP contribution is -2.54. The third-order valence-corrected chi connectivity index (χ3v) is 6.17. The van der Waals surface area contributed by atoms with Crippen molar-refractivity contribution in [1.29, 1.82) is 0 Å². The second kappa shape index (κ2) is 9.88. The predicted octanol–water partition coefficient (Wildman–Crippen LogP) is 5.65. The third-order valence-electron chi connectivity index (χ3n) is 6.17. The molecule has 0 atom stereocenters. The maximum atomic E-state index is 13.6. The Kier molecular flexibility index (Phi) is 6.33. The molecule has 0 bridgehead atoms. The first kappa shape index (κ1) is 23.1. The number of aryl methyl sites for hydroxylation is 1. The van der Waals surface area contributed by atoms with Gasteiger partial charge in [0, 0.05) is 5.56 Å². The normalized spacial score (nSPS) is 14.9. The summed E-state index contributed by atoms with van der Waals surface area (Å²) in [6.45, 7) is 2.27. The summed E-state index contributed by atoms with van der Waals surface area (Å²) in [5, 5.41) is 4.09. The Morgan fingerprint density at radius 1 is 0.833 bits per heavy atom. The number of urea groups is 1. The molecule has 1 saturated heterocycles. The zero-order valence-electron chi connectivity index (χ0n) is 19.7. The Morgan fingerprint density at radius 3 is 2.36 bits per heavy atom. The zero-order valence-corrected chi connectivity index (χ0v) is 19.7. The molecule has 178 valence electrons. The van der Waals surface area contributed by atoms with E-state index in [4.69, 9.17) is 4.74 Å². The lowest BCUT2D eigenvalue weighted by Gasteiger charge is -2.28. The number of amides is 4. The van der Waals surface area contributed by atoms with Gasteiger partial charge in [0.25, 0.3) is 11.8 Å². The molecule has 0 aromatic heterocycles. The van der Waals surface area contributed by atoms with Crippen molar-refractivity contribution in [3.05, 3.63) is 113 Å². The minimum Gasteiger partial charge on any atom is -0.488 e. The molecule has 6 heteroatoms. The lowest BCUT2D eigenvalue weighted by molar-refractivity contribution is -0.122. The summed E-state index contributed by atoms with van der Waals surface area (Å²) in [4.78, 5) is 40.2. The van der Waals surface area contributed by atoms with E-state index in [9.17, 15) is 14.4 Å². The van der Waals surface area contributed by atoms with Crippen LogP contribution in [0.5, 0.6) is 5.75 Å². The second-order valence-corrected chi connectivity index (χ2v) is 8.41. The van der Waals surface area contributed by atoms with Crippen LogP contribution < -0.4 is 15.0 Å². The lowest BCUT2D eigenvalue weighted by atomic mass is 9.99. The fraction of sp³-hybridized carbons (Fsp3) is 0.100. The van der Waals surface area contributed by atoms with Crippen molar-refractivity contribution < 1.29 is 19.1 Å².